The smallest absolute Gasteiger partial charge is 0.227 e. The number of thiophene rings is 1. The summed E-state index contributed by atoms with van der Waals surface area (Å²) in [4.78, 5) is 15.7. The van der Waals surface area contributed by atoms with Gasteiger partial charge in [0.05, 0.1) is 31.6 Å². The van der Waals surface area contributed by atoms with E-state index in [1.54, 1.807) is 23.3 Å². The second-order valence-electron chi connectivity index (χ2n) is 6.18. The quantitative estimate of drug-likeness (QED) is 0.774. The zero-order chi connectivity index (χ0) is 17.9. The van der Waals surface area contributed by atoms with E-state index >= 15 is 0 Å². The van der Waals surface area contributed by atoms with E-state index in [1.165, 1.54) is 0 Å². The highest BCUT2D eigenvalue weighted by atomic mass is 32.2. The lowest BCUT2D eigenvalue weighted by molar-refractivity contribution is -0.133. The fourth-order valence-corrected chi connectivity index (χ4v) is 5.47. The highest BCUT2D eigenvalue weighted by molar-refractivity contribution is 7.91. The number of carbonyl (C=O) groups is 1. The number of hydrogen-bond donors (Lipinski definition) is 0. The van der Waals surface area contributed by atoms with E-state index in [0.717, 1.165) is 16.2 Å². The predicted octanol–water partition coefficient (Wildman–Crippen LogP) is 2.52. The Kier molecular flexibility index (Phi) is 5.44. The summed E-state index contributed by atoms with van der Waals surface area (Å²) >= 11 is 1.58. The van der Waals surface area contributed by atoms with Crippen LogP contribution >= 0.6 is 11.3 Å². The predicted molar refractivity (Wildman–Crippen MR) is 98.6 cm³/mol. The van der Waals surface area contributed by atoms with Gasteiger partial charge >= 0.3 is 0 Å². The first-order chi connectivity index (χ1) is 12.0. The van der Waals surface area contributed by atoms with Gasteiger partial charge in [0.2, 0.25) is 5.91 Å². The van der Waals surface area contributed by atoms with Crippen LogP contribution in [0, 0.1) is 0 Å². The Balaban J connectivity index is 1.76. The number of nitrogens with zero attached hydrogens (tertiary/aromatic N) is 1. The minimum absolute atomic E-state index is 0.0410. The molecule has 0 bridgehead atoms. The van der Waals surface area contributed by atoms with Crippen molar-refractivity contribution < 1.29 is 17.9 Å². The zero-order valence-corrected chi connectivity index (χ0v) is 15.7. The van der Waals surface area contributed by atoms with Crippen LogP contribution in [-0.2, 0) is 27.6 Å². The van der Waals surface area contributed by atoms with Gasteiger partial charge in [-0.3, -0.25) is 4.79 Å². The molecule has 0 spiro atoms. The Hall–Kier alpha value is -1.86. The number of sulfone groups is 1. The van der Waals surface area contributed by atoms with E-state index in [9.17, 15) is 13.2 Å². The summed E-state index contributed by atoms with van der Waals surface area (Å²) in [6.07, 6.45) is 0.772. The molecule has 3 rings (SSSR count). The summed E-state index contributed by atoms with van der Waals surface area (Å²) in [6.45, 7) is 0.465. The van der Waals surface area contributed by atoms with Crippen molar-refractivity contribution in [2.45, 2.75) is 25.4 Å². The lowest BCUT2D eigenvalue weighted by Gasteiger charge is -2.28. The number of carbonyl (C=O) groups excluding carboxylic acids is 1. The molecule has 2 heterocycles. The first-order valence-electron chi connectivity index (χ1n) is 8.12. The fourth-order valence-electron chi connectivity index (χ4n) is 3.03. The van der Waals surface area contributed by atoms with Crippen LogP contribution in [0.5, 0.6) is 5.75 Å². The van der Waals surface area contributed by atoms with Crippen LogP contribution < -0.4 is 4.74 Å². The summed E-state index contributed by atoms with van der Waals surface area (Å²) in [7, 11) is -1.44. The molecule has 0 N–H and O–H groups in total. The van der Waals surface area contributed by atoms with E-state index in [0.29, 0.717) is 13.0 Å². The van der Waals surface area contributed by atoms with Gasteiger partial charge in [0.25, 0.3) is 0 Å². The van der Waals surface area contributed by atoms with Gasteiger partial charge < -0.3 is 9.64 Å². The SMILES string of the molecule is COc1ccc(CC(=O)N(Cc2cccs2)[C@H]2CCS(=O)(=O)C2)cc1. The molecule has 1 aliphatic rings. The van der Waals surface area contributed by atoms with Gasteiger partial charge in [0.1, 0.15) is 5.75 Å². The lowest BCUT2D eigenvalue weighted by Crippen LogP contribution is -2.41. The van der Waals surface area contributed by atoms with E-state index in [2.05, 4.69) is 0 Å². The third-order valence-corrected chi connectivity index (χ3v) is 7.00. The molecule has 1 aromatic heterocycles. The van der Waals surface area contributed by atoms with Crippen molar-refractivity contribution in [3.05, 3.63) is 52.2 Å². The number of methoxy groups -OCH3 is 1. The molecule has 134 valence electrons. The fraction of sp³-hybridized carbons (Fsp3) is 0.389. The third kappa shape index (κ3) is 4.61. The number of benzene rings is 1. The summed E-state index contributed by atoms with van der Waals surface area (Å²) in [6, 6.07) is 11.1. The minimum atomic E-state index is -3.04. The van der Waals surface area contributed by atoms with Crippen LogP contribution in [0.3, 0.4) is 0 Å². The van der Waals surface area contributed by atoms with E-state index in [4.69, 9.17) is 4.74 Å². The number of amides is 1. The number of hydrogen-bond acceptors (Lipinski definition) is 5. The van der Waals surface area contributed by atoms with Crippen molar-refractivity contribution in [1.29, 1.82) is 0 Å². The molecule has 7 heteroatoms. The summed E-state index contributed by atoms with van der Waals surface area (Å²) in [5, 5.41) is 1.97. The Bertz CT molecular complexity index is 813. The van der Waals surface area contributed by atoms with Crippen LogP contribution in [0.2, 0.25) is 0 Å². The molecule has 2 aromatic rings. The monoisotopic (exact) mass is 379 g/mol. The van der Waals surface area contributed by atoms with Crippen molar-refractivity contribution >= 4 is 27.1 Å². The minimum Gasteiger partial charge on any atom is -0.497 e. The molecule has 1 saturated heterocycles. The highest BCUT2D eigenvalue weighted by Gasteiger charge is 2.34. The molecule has 0 unspecified atom stereocenters. The Labute approximate surface area is 152 Å². The average molecular weight is 380 g/mol. The highest BCUT2D eigenvalue weighted by Crippen LogP contribution is 2.23. The zero-order valence-electron chi connectivity index (χ0n) is 14.1. The number of rotatable bonds is 6. The molecule has 1 atom stereocenters. The Morgan fingerprint density at radius 2 is 2.04 bits per heavy atom. The second-order valence-corrected chi connectivity index (χ2v) is 9.44. The number of ether oxygens (including phenoxy) is 1. The maximum atomic E-state index is 12.9. The molecule has 0 aliphatic carbocycles. The van der Waals surface area contributed by atoms with Crippen molar-refractivity contribution in [2.75, 3.05) is 18.6 Å². The molecule has 0 radical (unpaired) electrons. The van der Waals surface area contributed by atoms with Gasteiger partial charge in [-0.1, -0.05) is 18.2 Å². The average Bonchev–Trinajstić information content (AvgIpc) is 3.22. The molecule has 25 heavy (non-hydrogen) atoms. The first-order valence-corrected chi connectivity index (χ1v) is 10.8. The van der Waals surface area contributed by atoms with Crippen LogP contribution in [0.4, 0.5) is 0 Å². The molecule has 1 fully saturated rings. The van der Waals surface area contributed by atoms with Crippen molar-refractivity contribution in [3.63, 3.8) is 0 Å². The van der Waals surface area contributed by atoms with Crippen LogP contribution in [0.1, 0.15) is 16.9 Å². The van der Waals surface area contributed by atoms with Crippen molar-refractivity contribution in [2.24, 2.45) is 0 Å². The van der Waals surface area contributed by atoms with Crippen molar-refractivity contribution in [1.82, 2.24) is 4.90 Å². The van der Waals surface area contributed by atoms with Crippen LogP contribution in [0.15, 0.2) is 41.8 Å². The van der Waals surface area contributed by atoms with Gasteiger partial charge in [-0.05, 0) is 35.6 Å². The van der Waals surface area contributed by atoms with E-state index < -0.39 is 9.84 Å². The molecular weight excluding hydrogens is 358 g/mol. The molecule has 5 nitrogen and oxygen atoms in total. The largest absolute Gasteiger partial charge is 0.497 e. The Morgan fingerprint density at radius 1 is 1.28 bits per heavy atom. The summed E-state index contributed by atoms with van der Waals surface area (Å²) in [5.74, 6) is 0.926. The maximum Gasteiger partial charge on any atom is 0.227 e. The first kappa shape index (κ1) is 17.9. The van der Waals surface area contributed by atoms with Crippen LogP contribution in [0.25, 0.3) is 0 Å². The van der Waals surface area contributed by atoms with E-state index in [1.807, 2.05) is 41.8 Å². The molecule has 1 aromatic carbocycles. The Morgan fingerprint density at radius 3 is 2.60 bits per heavy atom. The molecular formula is C18H21NO4S2. The molecule has 0 saturated carbocycles. The normalized spacial score (nSPS) is 18.8. The van der Waals surface area contributed by atoms with Gasteiger partial charge in [-0.15, -0.1) is 11.3 Å². The topological polar surface area (TPSA) is 63.7 Å². The lowest BCUT2D eigenvalue weighted by atomic mass is 10.1. The standard InChI is InChI=1S/C18H21NO4S2/c1-23-16-6-4-14(5-7-16)11-18(20)19(12-17-3-2-9-24-17)15-8-10-25(21,22)13-15/h2-7,9,15H,8,10-13H2,1H3/t15-/m0/s1. The van der Waals surface area contributed by atoms with Gasteiger partial charge in [0, 0.05) is 10.9 Å². The van der Waals surface area contributed by atoms with E-state index in [-0.39, 0.29) is 29.9 Å². The van der Waals surface area contributed by atoms with Gasteiger partial charge in [0.15, 0.2) is 9.84 Å². The maximum absolute atomic E-state index is 12.9. The molecule has 1 amide bonds. The second kappa shape index (κ2) is 7.58. The third-order valence-electron chi connectivity index (χ3n) is 4.39. The summed E-state index contributed by atoms with van der Waals surface area (Å²) in [5.41, 5.74) is 0.892. The molecule has 1 aliphatic heterocycles. The summed E-state index contributed by atoms with van der Waals surface area (Å²) < 4.78 is 28.8. The van der Waals surface area contributed by atoms with Crippen LogP contribution in [-0.4, -0.2) is 43.9 Å². The van der Waals surface area contributed by atoms with Gasteiger partial charge in [-0.2, -0.15) is 0 Å². The van der Waals surface area contributed by atoms with Gasteiger partial charge in [-0.25, -0.2) is 8.42 Å². The van der Waals surface area contributed by atoms with Crippen molar-refractivity contribution in [3.8, 4) is 5.75 Å².